The van der Waals surface area contributed by atoms with Crippen LogP contribution >= 0.6 is 0 Å². The van der Waals surface area contributed by atoms with Crippen LogP contribution in [0.25, 0.3) is 0 Å². The second-order valence-electron chi connectivity index (χ2n) is 4.49. The molecule has 0 aliphatic heterocycles. The number of halogens is 2. The molecular formula is C14H17F2NO3. The Labute approximate surface area is 115 Å². The number of rotatable bonds is 7. The maximum atomic E-state index is 13.4. The molecule has 1 rings (SSSR count). The molecule has 6 heteroatoms. The molecule has 0 radical (unpaired) electrons. The van der Waals surface area contributed by atoms with Crippen LogP contribution < -0.4 is 5.32 Å². The van der Waals surface area contributed by atoms with Gasteiger partial charge in [-0.2, -0.15) is 0 Å². The molecule has 0 aliphatic carbocycles. The van der Waals surface area contributed by atoms with Crippen molar-refractivity contribution in [2.75, 3.05) is 0 Å². The third-order valence-corrected chi connectivity index (χ3v) is 2.86. The molecule has 2 N–H and O–H groups in total. The summed E-state index contributed by atoms with van der Waals surface area (Å²) in [6.45, 7) is 1.91. The summed E-state index contributed by atoms with van der Waals surface area (Å²) in [5.74, 6) is -3.89. The largest absolute Gasteiger partial charge is 0.480 e. The van der Waals surface area contributed by atoms with Crippen molar-refractivity contribution in [3.63, 3.8) is 0 Å². The Balaban J connectivity index is 2.66. The normalized spacial score (nSPS) is 11.9. The van der Waals surface area contributed by atoms with Gasteiger partial charge in [0.25, 0.3) is 0 Å². The van der Waals surface area contributed by atoms with E-state index < -0.39 is 29.6 Å². The Hall–Kier alpha value is -1.98. The Morgan fingerprint density at radius 3 is 2.65 bits per heavy atom. The van der Waals surface area contributed by atoms with Gasteiger partial charge in [-0.05, 0) is 12.5 Å². The number of carbonyl (C=O) groups is 2. The van der Waals surface area contributed by atoms with Gasteiger partial charge in [0.2, 0.25) is 5.91 Å². The molecule has 4 nitrogen and oxygen atoms in total. The van der Waals surface area contributed by atoms with E-state index in [1.54, 1.807) is 0 Å². The highest BCUT2D eigenvalue weighted by molar-refractivity contribution is 5.84. The van der Waals surface area contributed by atoms with Gasteiger partial charge in [0, 0.05) is 5.56 Å². The number of benzene rings is 1. The van der Waals surface area contributed by atoms with E-state index in [2.05, 4.69) is 5.32 Å². The van der Waals surface area contributed by atoms with Gasteiger partial charge >= 0.3 is 5.97 Å². The summed E-state index contributed by atoms with van der Waals surface area (Å²) < 4.78 is 26.4. The van der Waals surface area contributed by atoms with Crippen LogP contribution in [0.1, 0.15) is 31.7 Å². The molecule has 0 saturated carbocycles. The highest BCUT2D eigenvalue weighted by Crippen LogP contribution is 2.12. The summed E-state index contributed by atoms with van der Waals surface area (Å²) in [7, 11) is 0. The van der Waals surface area contributed by atoms with E-state index in [0.717, 1.165) is 12.5 Å². The third-order valence-electron chi connectivity index (χ3n) is 2.86. The van der Waals surface area contributed by atoms with Gasteiger partial charge in [-0.3, -0.25) is 4.79 Å². The highest BCUT2D eigenvalue weighted by atomic mass is 19.2. The van der Waals surface area contributed by atoms with Crippen molar-refractivity contribution in [2.45, 2.75) is 38.6 Å². The lowest BCUT2D eigenvalue weighted by atomic mass is 10.1. The number of carbonyl (C=O) groups excluding carboxylic acids is 1. The zero-order valence-electron chi connectivity index (χ0n) is 11.2. The lowest BCUT2D eigenvalue weighted by Gasteiger charge is -2.14. The highest BCUT2D eigenvalue weighted by Gasteiger charge is 2.20. The molecule has 0 spiro atoms. The minimum atomic E-state index is -1.13. The van der Waals surface area contributed by atoms with Crippen molar-refractivity contribution in [3.8, 4) is 0 Å². The standard InChI is InChI=1S/C14H17F2NO3/c1-2-3-7-11(14(19)20)17-12(18)8-9-5-4-6-10(15)13(9)16/h4-6,11H,2-3,7-8H2,1H3,(H,17,18)(H,19,20). The summed E-state index contributed by atoms with van der Waals surface area (Å²) in [6.07, 6.45) is 1.38. The Bertz CT molecular complexity index is 491. The second kappa shape index (κ2) is 7.57. The summed E-state index contributed by atoms with van der Waals surface area (Å²) >= 11 is 0. The van der Waals surface area contributed by atoms with Crippen molar-refractivity contribution < 1.29 is 23.5 Å². The quantitative estimate of drug-likeness (QED) is 0.807. The number of nitrogens with one attached hydrogen (secondary N) is 1. The fourth-order valence-corrected chi connectivity index (χ4v) is 1.77. The fraction of sp³-hybridized carbons (Fsp3) is 0.429. The molecule has 1 amide bonds. The molecule has 0 bridgehead atoms. The number of carboxylic acids is 1. The van der Waals surface area contributed by atoms with E-state index in [9.17, 15) is 18.4 Å². The van der Waals surface area contributed by atoms with E-state index in [4.69, 9.17) is 5.11 Å². The van der Waals surface area contributed by atoms with Crippen LogP contribution in [0.15, 0.2) is 18.2 Å². The Morgan fingerprint density at radius 1 is 1.35 bits per heavy atom. The van der Waals surface area contributed by atoms with Crippen LogP contribution in [0, 0.1) is 11.6 Å². The van der Waals surface area contributed by atoms with Crippen LogP contribution in [-0.4, -0.2) is 23.0 Å². The van der Waals surface area contributed by atoms with Gasteiger partial charge in [0.05, 0.1) is 6.42 Å². The molecule has 0 aromatic heterocycles. The second-order valence-corrected chi connectivity index (χ2v) is 4.49. The zero-order valence-corrected chi connectivity index (χ0v) is 11.2. The van der Waals surface area contributed by atoms with E-state index in [1.807, 2.05) is 6.92 Å². The average Bonchev–Trinajstić information content (AvgIpc) is 2.39. The molecule has 0 heterocycles. The smallest absolute Gasteiger partial charge is 0.326 e. The van der Waals surface area contributed by atoms with Crippen LogP contribution in [0.4, 0.5) is 8.78 Å². The number of aliphatic carboxylic acids is 1. The summed E-state index contributed by atoms with van der Waals surface area (Å²) in [5.41, 5.74) is -0.0952. The molecule has 1 aromatic carbocycles. The summed E-state index contributed by atoms with van der Waals surface area (Å²) in [4.78, 5) is 22.7. The third kappa shape index (κ3) is 4.60. The lowest BCUT2D eigenvalue weighted by molar-refractivity contribution is -0.142. The molecule has 0 saturated heterocycles. The lowest BCUT2D eigenvalue weighted by Crippen LogP contribution is -2.41. The van der Waals surface area contributed by atoms with Gasteiger partial charge < -0.3 is 10.4 Å². The van der Waals surface area contributed by atoms with E-state index in [0.29, 0.717) is 12.8 Å². The molecule has 0 aliphatic rings. The van der Waals surface area contributed by atoms with Crippen molar-refractivity contribution in [1.29, 1.82) is 0 Å². The molecule has 1 aromatic rings. The minimum absolute atomic E-state index is 0.0952. The van der Waals surface area contributed by atoms with E-state index in [-0.39, 0.29) is 12.0 Å². The van der Waals surface area contributed by atoms with Crippen molar-refractivity contribution in [1.82, 2.24) is 5.32 Å². The van der Waals surface area contributed by atoms with Crippen LogP contribution in [0.2, 0.25) is 0 Å². The van der Waals surface area contributed by atoms with Crippen LogP contribution in [0.5, 0.6) is 0 Å². The average molecular weight is 285 g/mol. The number of hydrogen-bond donors (Lipinski definition) is 2. The number of hydrogen-bond acceptors (Lipinski definition) is 2. The maximum Gasteiger partial charge on any atom is 0.326 e. The monoisotopic (exact) mass is 285 g/mol. The van der Waals surface area contributed by atoms with Gasteiger partial charge in [0.15, 0.2) is 11.6 Å². The van der Waals surface area contributed by atoms with E-state index in [1.165, 1.54) is 12.1 Å². The maximum absolute atomic E-state index is 13.4. The topological polar surface area (TPSA) is 66.4 Å². The summed E-state index contributed by atoms with van der Waals surface area (Å²) in [5, 5.41) is 11.3. The molecule has 20 heavy (non-hydrogen) atoms. The first kappa shape index (κ1) is 16.1. The van der Waals surface area contributed by atoms with Crippen molar-refractivity contribution in [2.24, 2.45) is 0 Å². The molecule has 1 unspecified atom stereocenters. The van der Waals surface area contributed by atoms with E-state index >= 15 is 0 Å². The first-order valence-corrected chi connectivity index (χ1v) is 6.40. The Morgan fingerprint density at radius 2 is 2.05 bits per heavy atom. The summed E-state index contributed by atoms with van der Waals surface area (Å²) in [6, 6.07) is 2.55. The predicted molar refractivity (Wildman–Crippen MR) is 69.2 cm³/mol. The number of amides is 1. The first-order chi connectivity index (χ1) is 9.45. The number of carboxylic acid groups (broad SMARTS) is 1. The van der Waals surface area contributed by atoms with Gasteiger partial charge in [-0.25, -0.2) is 13.6 Å². The fourth-order valence-electron chi connectivity index (χ4n) is 1.77. The molecule has 1 atom stereocenters. The van der Waals surface area contributed by atoms with Gasteiger partial charge in [-0.1, -0.05) is 31.9 Å². The molecular weight excluding hydrogens is 268 g/mol. The predicted octanol–water partition coefficient (Wildman–Crippen LogP) is 2.27. The van der Waals surface area contributed by atoms with Gasteiger partial charge in [0.1, 0.15) is 6.04 Å². The Kier molecular flexibility index (Phi) is 6.09. The molecule has 0 fully saturated rings. The van der Waals surface area contributed by atoms with Gasteiger partial charge in [-0.15, -0.1) is 0 Å². The van der Waals surface area contributed by atoms with Crippen molar-refractivity contribution >= 4 is 11.9 Å². The SMILES string of the molecule is CCCCC(NC(=O)Cc1cccc(F)c1F)C(=O)O. The molecule has 110 valence electrons. The first-order valence-electron chi connectivity index (χ1n) is 6.40. The minimum Gasteiger partial charge on any atom is -0.480 e. The van der Waals surface area contributed by atoms with Crippen molar-refractivity contribution in [3.05, 3.63) is 35.4 Å². The van der Waals surface area contributed by atoms with Crippen LogP contribution in [-0.2, 0) is 16.0 Å². The number of unbranched alkanes of at least 4 members (excludes halogenated alkanes) is 1. The van der Waals surface area contributed by atoms with Crippen LogP contribution in [0.3, 0.4) is 0 Å². The zero-order chi connectivity index (χ0) is 15.1.